The first kappa shape index (κ1) is 71.3. The van der Waals surface area contributed by atoms with Crippen molar-refractivity contribution in [3.63, 3.8) is 0 Å². The molecule has 0 bridgehead atoms. The summed E-state index contributed by atoms with van der Waals surface area (Å²) in [4.78, 5) is 13.2. The molecule has 450 valence electrons. The van der Waals surface area contributed by atoms with E-state index in [-0.39, 0.29) is 18.9 Å². The summed E-state index contributed by atoms with van der Waals surface area (Å²) >= 11 is 0. The molecule has 0 aromatic carbocycles. The van der Waals surface area contributed by atoms with Gasteiger partial charge in [0.25, 0.3) is 0 Å². The van der Waals surface area contributed by atoms with Gasteiger partial charge >= 0.3 is 0 Å². The number of rotatable bonds is 48. The molecule has 2 aliphatic heterocycles. The molecule has 12 unspecified atom stereocenters. The molecule has 2 aliphatic rings. The van der Waals surface area contributed by atoms with E-state index in [9.17, 15) is 45.6 Å². The lowest BCUT2D eigenvalue weighted by Crippen LogP contribution is -2.65. The zero-order chi connectivity index (χ0) is 56.7. The lowest BCUT2D eigenvalue weighted by atomic mass is 9.97. The number of hydrogen-bond donors (Lipinski definition) is 9. The summed E-state index contributed by atoms with van der Waals surface area (Å²) in [5.41, 5.74) is 0. The van der Waals surface area contributed by atoms with Gasteiger partial charge in [-0.15, -0.1) is 0 Å². The Kier molecular flexibility index (Phi) is 44.6. The van der Waals surface area contributed by atoms with Gasteiger partial charge in [-0.25, -0.2) is 0 Å². The van der Waals surface area contributed by atoms with E-state index in [0.717, 1.165) is 38.5 Å². The molecule has 14 nitrogen and oxygen atoms in total. The van der Waals surface area contributed by atoms with Crippen LogP contribution in [0.4, 0.5) is 0 Å². The standard InChI is InChI=1S/C64H111NO13/c1-3-5-7-9-11-13-15-17-19-20-21-22-23-24-25-26-27-28-29-30-31-32-34-35-37-39-41-43-45-47-53(68)52(65-56(69)48-46-44-42-40-38-36-33-18-16-14-12-10-8-6-4-2)51-75-63-61(74)59(72)62(55(50-67)77-63)78-64-60(73)58(71)57(70)54(49-66)76-64/h6,8,12,14,18,33,37-40,44-47,52-55,57-64,66-68,70-74H,3-5,7,9-11,13,15-17,19-32,34-36,41-43,48-51H2,1-2H3,(H,65,69)/b8-6-,14-12-,33-18-,39-37+,40-38-,46-44-,47-45+. The summed E-state index contributed by atoms with van der Waals surface area (Å²) in [6.07, 6.45) is 49.7. The minimum Gasteiger partial charge on any atom is -0.394 e. The van der Waals surface area contributed by atoms with Gasteiger partial charge in [-0.3, -0.25) is 4.79 Å². The van der Waals surface area contributed by atoms with Crippen LogP contribution in [0.25, 0.3) is 0 Å². The van der Waals surface area contributed by atoms with Gasteiger partial charge in [-0.1, -0.05) is 240 Å². The van der Waals surface area contributed by atoms with Crippen molar-refractivity contribution < 1.29 is 64.6 Å². The normalized spacial score (nSPS) is 25.2. The number of ether oxygens (including phenoxy) is 4. The second-order valence-electron chi connectivity index (χ2n) is 21.5. The molecule has 12 atom stereocenters. The highest BCUT2D eigenvalue weighted by Gasteiger charge is 2.51. The average Bonchev–Trinajstić information content (AvgIpc) is 3.48. The summed E-state index contributed by atoms with van der Waals surface area (Å²) in [6, 6.07) is -0.991. The third-order valence-corrected chi connectivity index (χ3v) is 14.6. The van der Waals surface area contributed by atoms with Gasteiger partial charge in [0.05, 0.1) is 32.0 Å². The van der Waals surface area contributed by atoms with Crippen LogP contribution in [0.5, 0.6) is 0 Å². The monoisotopic (exact) mass is 1100 g/mol. The summed E-state index contributed by atoms with van der Waals surface area (Å²) in [7, 11) is 0. The Labute approximate surface area is 471 Å². The third-order valence-electron chi connectivity index (χ3n) is 14.6. The molecule has 1 amide bonds. The predicted octanol–water partition coefficient (Wildman–Crippen LogP) is 10.9. The number of allylic oxidation sites excluding steroid dienone is 12. The Hall–Kier alpha value is -2.83. The van der Waals surface area contributed by atoms with Crippen molar-refractivity contribution in [1.29, 1.82) is 0 Å². The number of unbranched alkanes of at least 4 members (excludes halogenated alkanes) is 24. The minimum atomic E-state index is -1.80. The maximum absolute atomic E-state index is 13.2. The SMILES string of the molecule is CC/C=C\C/C=C\C/C=C\C/C=C\C/C=C\CC(=O)NC(COC1OC(CO)C(OC2OC(CO)C(O)C(O)C2O)C(O)C1O)C(O)/C=C/CC/C=C/CCCCCCCCCCCCCCCCCCCCCCCCC. The van der Waals surface area contributed by atoms with E-state index in [4.69, 9.17) is 18.9 Å². The maximum atomic E-state index is 13.2. The van der Waals surface area contributed by atoms with Crippen molar-refractivity contribution in [2.75, 3.05) is 19.8 Å². The van der Waals surface area contributed by atoms with Crippen LogP contribution < -0.4 is 5.32 Å². The fourth-order valence-electron chi connectivity index (χ4n) is 9.67. The van der Waals surface area contributed by atoms with Crippen LogP contribution in [0, 0.1) is 0 Å². The van der Waals surface area contributed by atoms with E-state index in [1.807, 2.05) is 18.2 Å². The number of carbonyl (C=O) groups is 1. The molecule has 0 aromatic heterocycles. The second kappa shape index (κ2) is 48.8. The highest BCUT2D eigenvalue weighted by atomic mass is 16.7. The van der Waals surface area contributed by atoms with Crippen LogP contribution >= 0.6 is 0 Å². The van der Waals surface area contributed by atoms with E-state index in [1.54, 1.807) is 12.2 Å². The van der Waals surface area contributed by atoms with Crippen LogP contribution in [-0.2, 0) is 23.7 Å². The highest BCUT2D eigenvalue weighted by Crippen LogP contribution is 2.30. The molecule has 78 heavy (non-hydrogen) atoms. The molecule has 2 fully saturated rings. The summed E-state index contributed by atoms with van der Waals surface area (Å²) in [5, 5.41) is 86.9. The second-order valence-corrected chi connectivity index (χ2v) is 21.5. The molecule has 2 rings (SSSR count). The van der Waals surface area contributed by atoms with Crippen LogP contribution in [0.3, 0.4) is 0 Å². The Morgan fingerprint density at radius 2 is 0.897 bits per heavy atom. The fraction of sp³-hybridized carbons (Fsp3) is 0.766. The van der Waals surface area contributed by atoms with Gasteiger partial charge in [0.2, 0.25) is 5.91 Å². The van der Waals surface area contributed by atoms with Crippen LogP contribution in [0.1, 0.15) is 219 Å². The van der Waals surface area contributed by atoms with Gasteiger partial charge in [0.1, 0.15) is 48.8 Å². The van der Waals surface area contributed by atoms with Crippen LogP contribution in [0.15, 0.2) is 85.1 Å². The van der Waals surface area contributed by atoms with E-state index < -0.39 is 86.8 Å². The largest absolute Gasteiger partial charge is 0.394 e. The Bertz CT molecular complexity index is 1630. The number of aliphatic hydroxyl groups excluding tert-OH is 8. The molecule has 0 radical (unpaired) electrons. The molecular formula is C64H111NO13. The average molecular weight is 1100 g/mol. The first-order valence-electron chi connectivity index (χ1n) is 30.8. The summed E-state index contributed by atoms with van der Waals surface area (Å²) in [6.45, 7) is 2.60. The van der Waals surface area contributed by atoms with Crippen LogP contribution in [-0.4, -0.2) is 140 Å². The fourth-order valence-corrected chi connectivity index (χ4v) is 9.67. The summed E-state index contributed by atoms with van der Waals surface area (Å²) < 4.78 is 22.7. The molecule has 2 saturated heterocycles. The molecule has 0 saturated carbocycles. The predicted molar refractivity (Wildman–Crippen MR) is 313 cm³/mol. The van der Waals surface area contributed by atoms with E-state index in [1.165, 1.54) is 148 Å². The van der Waals surface area contributed by atoms with Crippen molar-refractivity contribution in [3.8, 4) is 0 Å². The van der Waals surface area contributed by atoms with Gasteiger partial charge in [-0.05, 0) is 57.8 Å². The number of carbonyl (C=O) groups excluding carboxylic acids is 1. The first-order valence-corrected chi connectivity index (χ1v) is 30.8. The third kappa shape index (κ3) is 33.8. The quantitative estimate of drug-likeness (QED) is 0.0204. The van der Waals surface area contributed by atoms with Crippen molar-refractivity contribution >= 4 is 5.91 Å². The van der Waals surface area contributed by atoms with Crippen molar-refractivity contribution in [3.05, 3.63) is 85.1 Å². The summed E-state index contributed by atoms with van der Waals surface area (Å²) in [5.74, 6) is -0.377. The zero-order valence-corrected chi connectivity index (χ0v) is 48.4. The lowest BCUT2D eigenvalue weighted by Gasteiger charge is -2.46. The molecular weight excluding hydrogens is 991 g/mol. The number of amides is 1. The highest BCUT2D eigenvalue weighted by molar-refractivity contribution is 5.77. The molecule has 0 aromatic rings. The maximum Gasteiger partial charge on any atom is 0.224 e. The zero-order valence-electron chi connectivity index (χ0n) is 48.4. The minimum absolute atomic E-state index is 0.0374. The van der Waals surface area contributed by atoms with Crippen molar-refractivity contribution in [2.24, 2.45) is 0 Å². The number of hydrogen-bond acceptors (Lipinski definition) is 13. The van der Waals surface area contributed by atoms with E-state index in [2.05, 4.69) is 73.8 Å². The van der Waals surface area contributed by atoms with Crippen molar-refractivity contribution in [2.45, 2.75) is 293 Å². The molecule has 14 heteroatoms. The van der Waals surface area contributed by atoms with E-state index >= 15 is 0 Å². The van der Waals surface area contributed by atoms with Crippen LogP contribution in [0.2, 0.25) is 0 Å². The number of aliphatic hydroxyl groups is 8. The number of nitrogens with one attached hydrogen (secondary N) is 1. The Morgan fingerprint density at radius 1 is 0.474 bits per heavy atom. The molecule has 0 spiro atoms. The molecule has 2 heterocycles. The first-order chi connectivity index (χ1) is 38.1. The van der Waals surface area contributed by atoms with Gasteiger partial charge < -0.3 is 65.1 Å². The van der Waals surface area contributed by atoms with Gasteiger partial charge in [0, 0.05) is 6.42 Å². The Morgan fingerprint density at radius 3 is 1.38 bits per heavy atom. The van der Waals surface area contributed by atoms with Gasteiger partial charge in [-0.2, -0.15) is 0 Å². The van der Waals surface area contributed by atoms with Gasteiger partial charge in [0.15, 0.2) is 12.6 Å². The smallest absolute Gasteiger partial charge is 0.224 e. The van der Waals surface area contributed by atoms with Crippen molar-refractivity contribution in [1.82, 2.24) is 5.32 Å². The Balaban J connectivity index is 1.75. The molecule has 0 aliphatic carbocycles. The topological polar surface area (TPSA) is 228 Å². The molecule has 9 N–H and O–H groups in total. The van der Waals surface area contributed by atoms with E-state index in [0.29, 0.717) is 12.8 Å². The lowest BCUT2D eigenvalue weighted by molar-refractivity contribution is -0.359.